The number of carbonyl (C=O) groups excluding carboxylic acids is 1. The fraction of sp³-hybridized carbons (Fsp3) is 0.833. The van der Waals surface area contributed by atoms with Crippen LogP contribution in [0.5, 0.6) is 0 Å². The second-order valence-corrected chi connectivity index (χ2v) is 1.59. The van der Waals surface area contributed by atoms with Crippen molar-refractivity contribution in [2.45, 2.75) is 0 Å². The van der Waals surface area contributed by atoms with Crippen molar-refractivity contribution >= 4 is 6.16 Å². The van der Waals surface area contributed by atoms with Crippen molar-refractivity contribution in [3.63, 3.8) is 0 Å². The zero-order valence-electron chi connectivity index (χ0n) is 6.66. The molecule has 0 aromatic carbocycles. The quantitative estimate of drug-likeness (QED) is 0.485. The molecule has 1 aliphatic rings. The fourth-order valence-electron chi connectivity index (χ4n) is 0.378. The minimum absolute atomic E-state index is 0.500. The summed E-state index contributed by atoms with van der Waals surface area (Å²) in [5.74, 6) is 0. The van der Waals surface area contributed by atoms with E-state index in [9.17, 15) is 4.79 Å². The van der Waals surface area contributed by atoms with Crippen molar-refractivity contribution in [2.75, 3.05) is 34.2 Å². The molecule has 0 atom stereocenters. The van der Waals surface area contributed by atoms with E-state index < -0.39 is 6.16 Å². The molecular weight excluding hydrogens is 152 g/mol. The fourth-order valence-corrected chi connectivity index (χ4v) is 0.378. The maximum atomic E-state index is 9.74. The number of carbonyl (C=O) groups is 1. The molecule has 5 heteroatoms. The average Bonchev–Trinajstić information content (AvgIpc) is 2.60. The van der Waals surface area contributed by atoms with Crippen LogP contribution in [0.25, 0.3) is 0 Å². The average molecular weight is 164 g/mol. The zero-order chi connectivity index (χ0) is 8.53. The molecule has 11 heavy (non-hydrogen) atoms. The number of ether oxygens (including phenoxy) is 4. The van der Waals surface area contributed by atoms with Gasteiger partial charge in [-0.2, -0.15) is 0 Å². The third-order valence-corrected chi connectivity index (χ3v) is 0.872. The van der Waals surface area contributed by atoms with E-state index >= 15 is 0 Å². The topological polar surface area (TPSA) is 54.0 Å². The highest BCUT2D eigenvalue weighted by Gasteiger charge is 1.93. The second-order valence-electron chi connectivity index (χ2n) is 1.59. The SMILES string of the molecule is C1COCO1.COC(=O)OC. The number of rotatable bonds is 0. The zero-order valence-corrected chi connectivity index (χ0v) is 6.66. The standard InChI is InChI=1S/C3H6O3.C3H6O2/c1-5-3(4)6-2;1-2-5-3-4-1/h1-2H3;1-3H2. The van der Waals surface area contributed by atoms with Crippen molar-refractivity contribution in [3.05, 3.63) is 0 Å². The van der Waals surface area contributed by atoms with Gasteiger partial charge in [-0.15, -0.1) is 0 Å². The van der Waals surface area contributed by atoms with E-state index in [0.717, 1.165) is 13.2 Å². The van der Waals surface area contributed by atoms with Gasteiger partial charge in [-0.1, -0.05) is 0 Å². The van der Waals surface area contributed by atoms with E-state index in [1.54, 1.807) is 0 Å². The van der Waals surface area contributed by atoms with Crippen LogP contribution >= 0.6 is 0 Å². The Bertz CT molecular complexity index is 85.5. The van der Waals surface area contributed by atoms with Gasteiger partial charge in [0.1, 0.15) is 6.79 Å². The first-order chi connectivity index (χ1) is 5.31. The molecule has 0 aromatic rings. The van der Waals surface area contributed by atoms with Crippen LogP contribution in [0.15, 0.2) is 0 Å². The van der Waals surface area contributed by atoms with E-state index in [4.69, 9.17) is 9.47 Å². The van der Waals surface area contributed by atoms with Crippen LogP contribution in [-0.2, 0) is 18.9 Å². The van der Waals surface area contributed by atoms with Crippen LogP contribution in [0.4, 0.5) is 4.79 Å². The van der Waals surface area contributed by atoms with Gasteiger partial charge >= 0.3 is 6.16 Å². The maximum absolute atomic E-state index is 9.74. The molecular formula is C6H12O5. The maximum Gasteiger partial charge on any atom is 0.507 e. The number of methoxy groups -OCH3 is 2. The van der Waals surface area contributed by atoms with E-state index in [2.05, 4.69) is 9.47 Å². The van der Waals surface area contributed by atoms with Crippen LogP contribution in [0.3, 0.4) is 0 Å². The van der Waals surface area contributed by atoms with Gasteiger partial charge in [-0.3, -0.25) is 0 Å². The lowest BCUT2D eigenvalue weighted by atomic mass is 10.8. The molecule has 0 amide bonds. The first kappa shape index (κ1) is 10.2. The van der Waals surface area contributed by atoms with Crippen molar-refractivity contribution in [1.82, 2.24) is 0 Å². The Labute approximate surface area is 65.2 Å². The van der Waals surface area contributed by atoms with Gasteiger partial charge in [-0.25, -0.2) is 4.79 Å². The summed E-state index contributed by atoms with van der Waals surface area (Å²) >= 11 is 0. The minimum Gasteiger partial charge on any atom is -0.438 e. The van der Waals surface area contributed by atoms with Gasteiger partial charge in [0, 0.05) is 0 Å². The normalized spacial score (nSPS) is 14.7. The summed E-state index contributed by atoms with van der Waals surface area (Å²) in [6, 6.07) is 0. The van der Waals surface area contributed by atoms with Gasteiger partial charge in [-0.05, 0) is 0 Å². The van der Waals surface area contributed by atoms with E-state index in [1.165, 1.54) is 14.2 Å². The lowest BCUT2D eigenvalue weighted by molar-refractivity contribution is 0.0692. The molecule has 5 nitrogen and oxygen atoms in total. The Morgan fingerprint density at radius 2 is 1.64 bits per heavy atom. The monoisotopic (exact) mass is 164 g/mol. The molecule has 1 saturated heterocycles. The van der Waals surface area contributed by atoms with Crippen LogP contribution in [0, 0.1) is 0 Å². The van der Waals surface area contributed by atoms with Gasteiger partial charge in [0.2, 0.25) is 0 Å². The van der Waals surface area contributed by atoms with Crippen LogP contribution < -0.4 is 0 Å². The summed E-state index contributed by atoms with van der Waals surface area (Å²) in [6.45, 7) is 2.06. The van der Waals surface area contributed by atoms with Gasteiger partial charge in [0.15, 0.2) is 0 Å². The molecule has 0 radical (unpaired) electrons. The molecule has 66 valence electrons. The van der Waals surface area contributed by atoms with E-state index in [1.807, 2.05) is 0 Å². The lowest BCUT2D eigenvalue weighted by Crippen LogP contribution is -1.97. The Kier molecular flexibility index (Phi) is 6.76. The molecule has 0 bridgehead atoms. The summed E-state index contributed by atoms with van der Waals surface area (Å²) in [7, 11) is 2.51. The minimum atomic E-state index is -0.657. The number of hydrogen-bond acceptors (Lipinski definition) is 5. The number of hydrogen-bond donors (Lipinski definition) is 0. The Balaban J connectivity index is 0.000000183. The molecule has 0 N–H and O–H groups in total. The van der Waals surface area contributed by atoms with Crippen molar-refractivity contribution in [2.24, 2.45) is 0 Å². The summed E-state index contributed by atoms with van der Waals surface area (Å²) < 4.78 is 17.5. The molecule has 0 unspecified atom stereocenters. The van der Waals surface area contributed by atoms with Gasteiger partial charge in [0.25, 0.3) is 0 Å². The highest BCUT2D eigenvalue weighted by molar-refractivity contribution is 5.59. The van der Waals surface area contributed by atoms with Gasteiger partial charge in [0.05, 0.1) is 27.4 Å². The smallest absolute Gasteiger partial charge is 0.438 e. The first-order valence-corrected chi connectivity index (χ1v) is 3.08. The summed E-state index contributed by atoms with van der Waals surface area (Å²) in [6.07, 6.45) is -0.657. The highest BCUT2D eigenvalue weighted by Crippen LogP contribution is 1.85. The summed E-state index contributed by atoms with van der Waals surface area (Å²) in [5.41, 5.74) is 0. The predicted molar refractivity (Wildman–Crippen MR) is 36.2 cm³/mol. The van der Waals surface area contributed by atoms with Crippen molar-refractivity contribution < 1.29 is 23.7 Å². The predicted octanol–water partition coefficient (Wildman–Crippen LogP) is 0.390. The summed E-state index contributed by atoms with van der Waals surface area (Å²) in [4.78, 5) is 9.74. The molecule has 0 aliphatic carbocycles. The van der Waals surface area contributed by atoms with Gasteiger partial charge < -0.3 is 18.9 Å². The largest absolute Gasteiger partial charge is 0.507 e. The highest BCUT2D eigenvalue weighted by atomic mass is 16.7. The van der Waals surface area contributed by atoms with Crippen LogP contribution in [0.2, 0.25) is 0 Å². The van der Waals surface area contributed by atoms with Crippen LogP contribution in [-0.4, -0.2) is 40.4 Å². The molecule has 0 spiro atoms. The van der Waals surface area contributed by atoms with E-state index in [0.29, 0.717) is 6.79 Å². The Morgan fingerprint density at radius 1 is 1.18 bits per heavy atom. The third-order valence-electron chi connectivity index (χ3n) is 0.872. The molecule has 1 heterocycles. The molecule has 1 fully saturated rings. The van der Waals surface area contributed by atoms with Crippen molar-refractivity contribution in [3.8, 4) is 0 Å². The first-order valence-electron chi connectivity index (χ1n) is 3.08. The molecule has 0 aromatic heterocycles. The second kappa shape index (κ2) is 7.30. The Hall–Kier alpha value is -0.810. The molecule has 1 aliphatic heterocycles. The Morgan fingerprint density at radius 3 is 1.73 bits per heavy atom. The third kappa shape index (κ3) is 7.08. The molecule has 1 rings (SSSR count). The molecule has 0 saturated carbocycles. The summed E-state index contributed by atoms with van der Waals surface area (Å²) in [5, 5.41) is 0. The van der Waals surface area contributed by atoms with Crippen LogP contribution in [0.1, 0.15) is 0 Å². The van der Waals surface area contributed by atoms with E-state index in [-0.39, 0.29) is 0 Å². The lowest BCUT2D eigenvalue weighted by Gasteiger charge is -1.89. The van der Waals surface area contributed by atoms with Crippen molar-refractivity contribution in [1.29, 1.82) is 0 Å².